The zero-order valence-corrected chi connectivity index (χ0v) is 18.9. The summed E-state index contributed by atoms with van der Waals surface area (Å²) in [4.78, 5) is 19.2. The molecule has 0 spiro atoms. The summed E-state index contributed by atoms with van der Waals surface area (Å²) >= 11 is 12.9. The van der Waals surface area contributed by atoms with Gasteiger partial charge in [-0.3, -0.25) is 9.89 Å². The van der Waals surface area contributed by atoms with Crippen LogP contribution in [0.2, 0.25) is 10.0 Å². The molecule has 0 aliphatic carbocycles. The first kappa shape index (κ1) is 20.7. The fourth-order valence-electron chi connectivity index (χ4n) is 3.71. The van der Waals surface area contributed by atoms with Crippen LogP contribution in [0, 0.1) is 0 Å². The molecule has 0 radical (unpaired) electrons. The average molecular weight is 471 g/mol. The molecular weight excluding hydrogens is 451 g/mol. The number of likely N-dealkylation sites (N-methyl/N-ethyl adjacent to an activating group) is 1. The maximum Gasteiger partial charge on any atom is 0.253 e. The third-order valence-corrected chi connectivity index (χ3v) is 6.16. The molecule has 1 aliphatic heterocycles. The predicted molar refractivity (Wildman–Crippen MR) is 125 cm³/mol. The van der Waals surface area contributed by atoms with E-state index in [2.05, 4.69) is 35.8 Å². The Kier molecular flexibility index (Phi) is 5.24. The highest BCUT2D eigenvalue weighted by atomic mass is 35.5. The summed E-state index contributed by atoms with van der Waals surface area (Å²) < 4.78 is 1.62. The smallest absolute Gasteiger partial charge is 0.253 e. The minimum Gasteiger partial charge on any atom is -0.347 e. The minimum absolute atomic E-state index is 0.155. The van der Waals surface area contributed by atoms with E-state index < -0.39 is 0 Å². The largest absolute Gasteiger partial charge is 0.347 e. The number of aromatic nitrogens is 5. The fraction of sp³-hybridized carbons (Fsp3) is 0.238. The second-order valence-electron chi connectivity index (χ2n) is 7.85. The van der Waals surface area contributed by atoms with Crippen molar-refractivity contribution < 1.29 is 4.79 Å². The third kappa shape index (κ3) is 3.79. The van der Waals surface area contributed by atoms with Gasteiger partial charge >= 0.3 is 0 Å². The van der Waals surface area contributed by atoms with Gasteiger partial charge in [-0.15, -0.1) is 5.10 Å². The molecule has 2 aromatic heterocycles. The maximum atomic E-state index is 12.5. The van der Waals surface area contributed by atoms with Gasteiger partial charge in [-0.2, -0.15) is 10.1 Å². The number of hydrogen-bond acceptors (Lipinski definition) is 6. The maximum absolute atomic E-state index is 12.5. The lowest BCUT2D eigenvalue weighted by Crippen LogP contribution is -2.57. The number of aromatic amines is 1. The van der Waals surface area contributed by atoms with E-state index in [-0.39, 0.29) is 11.9 Å². The van der Waals surface area contributed by atoms with E-state index in [1.165, 1.54) is 0 Å². The Morgan fingerprint density at radius 2 is 2.00 bits per heavy atom. The zero-order valence-electron chi connectivity index (χ0n) is 17.4. The quantitative estimate of drug-likeness (QED) is 0.412. The van der Waals surface area contributed by atoms with E-state index in [0.29, 0.717) is 38.6 Å². The van der Waals surface area contributed by atoms with Crippen molar-refractivity contribution in [2.24, 2.45) is 7.05 Å². The molecule has 0 atom stereocenters. The van der Waals surface area contributed by atoms with Crippen molar-refractivity contribution in [3.63, 3.8) is 0 Å². The van der Waals surface area contributed by atoms with Gasteiger partial charge in [0.05, 0.1) is 39.1 Å². The number of hydrogen-bond donors (Lipinski definition) is 3. The standard InChI is InChI=1S/C21H20Cl2N8O/c1-30-9-12(10-30)25-20(32)13-4-3-11(7-15(13)22)19-27-21(31(2)29-19)26-17-6-5-16-14(18(17)23)8-24-28-16/h3-8,12H,9-10H2,1-2H3,(H,24,28)(H,25,32)(H,26,27,29). The van der Waals surface area contributed by atoms with Gasteiger partial charge in [0.15, 0.2) is 5.82 Å². The van der Waals surface area contributed by atoms with Crippen molar-refractivity contribution in [3.05, 3.63) is 52.1 Å². The van der Waals surface area contributed by atoms with Crippen LogP contribution in [0.4, 0.5) is 11.6 Å². The van der Waals surface area contributed by atoms with Crippen molar-refractivity contribution in [3.8, 4) is 11.4 Å². The Hall–Kier alpha value is -3.14. The van der Waals surface area contributed by atoms with Gasteiger partial charge in [-0.25, -0.2) is 4.68 Å². The topological polar surface area (TPSA) is 104 Å². The molecule has 0 bridgehead atoms. The summed E-state index contributed by atoms with van der Waals surface area (Å²) in [6.07, 6.45) is 1.67. The molecule has 4 aromatic rings. The van der Waals surface area contributed by atoms with E-state index in [4.69, 9.17) is 23.2 Å². The molecule has 1 saturated heterocycles. The number of carbonyl (C=O) groups is 1. The number of carbonyl (C=O) groups excluding carboxylic acids is 1. The number of amides is 1. The van der Waals surface area contributed by atoms with Gasteiger partial charge in [0, 0.05) is 31.1 Å². The van der Waals surface area contributed by atoms with Crippen molar-refractivity contribution in [1.29, 1.82) is 0 Å². The number of aryl methyl sites for hydroxylation is 1. The molecule has 3 N–H and O–H groups in total. The van der Waals surface area contributed by atoms with E-state index in [1.54, 1.807) is 36.1 Å². The SMILES string of the molecule is CN1CC(NC(=O)c2ccc(-c3nc(Nc4ccc5[nH]ncc5c4Cl)n(C)n3)cc2Cl)C1. The molecule has 0 unspecified atom stereocenters. The van der Waals surface area contributed by atoms with Gasteiger partial charge in [0.2, 0.25) is 5.95 Å². The highest BCUT2D eigenvalue weighted by molar-refractivity contribution is 6.38. The summed E-state index contributed by atoms with van der Waals surface area (Å²) in [6, 6.07) is 9.08. The Balaban J connectivity index is 1.36. The molecule has 11 heteroatoms. The summed E-state index contributed by atoms with van der Waals surface area (Å²) in [5.41, 5.74) is 2.67. The molecule has 2 aromatic carbocycles. The van der Waals surface area contributed by atoms with Crippen LogP contribution < -0.4 is 10.6 Å². The summed E-state index contributed by atoms with van der Waals surface area (Å²) in [5.74, 6) is 0.807. The lowest BCUT2D eigenvalue weighted by atomic mass is 10.1. The monoisotopic (exact) mass is 470 g/mol. The number of nitrogens with one attached hydrogen (secondary N) is 3. The van der Waals surface area contributed by atoms with E-state index >= 15 is 0 Å². The molecule has 5 rings (SSSR count). The van der Waals surface area contributed by atoms with Crippen LogP contribution in [0.5, 0.6) is 0 Å². The van der Waals surface area contributed by atoms with E-state index in [1.807, 2.05) is 19.2 Å². The van der Waals surface area contributed by atoms with Gasteiger partial charge in [-0.1, -0.05) is 29.3 Å². The lowest BCUT2D eigenvalue weighted by molar-refractivity contribution is 0.0858. The summed E-state index contributed by atoms with van der Waals surface area (Å²) in [6.45, 7) is 1.68. The summed E-state index contributed by atoms with van der Waals surface area (Å²) in [7, 11) is 3.79. The number of likely N-dealkylation sites (tertiary alicyclic amines) is 1. The fourth-order valence-corrected chi connectivity index (χ4v) is 4.23. The van der Waals surface area contributed by atoms with Gasteiger partial charge in [-0.05, 0) is 31.3 Å². The third-order valence-electron chi connectivity index (χ3n) is 5.44. The van der Waals surface area contributed by atoms with Gasteiger partial charge in [0.25, 0.3) is 5.91 Å². The molecule has 9 nitrogen and oxygen atoms in total. The van der Waals surface area contributed by atoms with Crippen LogP contribution in [-0.4, -0.2) is 61.9 Å². The predicted octanol–water partition coefficient (Wildman–Crippen LogP) is 3.45. The molecule has 1 aliphatic rings. The number of nitrogens with zero attached hydrogens (tertiary/aromatic N) is 5. The molecule has 3 heterocycles. The molecule has 1 amide bonds. The first-order valence-corrected chi connectivity index (χ1v) is 10.7. The number of anilines is 2. The number of benzene rings is 2. The number of fused-ring (bicyclic) bond motifs is 1. The van der Waals surface area contributed by atoms with Crippen LogP contribution >= 0.6 is 23.2 Å². The average Bonchev–Trinajstić information content (AvgIpc) is 3.36. The molecule has 1 fully saturated rings. The van der Waals surface area contributed by atoms with Crippen molar-refractivity contribution in [2.45, 2.75) is 6.04 Å². The zero-order chi connectivity index (χ0) is 22.4. The highest BCUT2D eigenvalue weighted by Gasteiger charge is 2.26. The Morgan fingerprint density at radius 3 is 2.75 bits per heavy atom. The molecule has 164 valence electrons. The summed E-state index contributed by atoms with van der Waals surface area (Å²) in [5, 5.41) is 19.3. The van der Waals surface area contributed by atoms with Crippen LogP contribution in [0.3, 0.4) is 0 Å². The normalized spacial score (nSPS) is 14.5. The number of halogens is 2. The van der Waals surface area contributed by atoms with Crippen molar-refractivity contribution >= 4 is 51.6 Å². The van der Waals surface area contributed by atoms with E-state index in [9.17, 15) is 4.79 Å². The van der Waals surface area contributed by atoms with Crippen LogP contribution in [-0.2, 0) is 7.05 Å². The second kappa shape index (κ2) is 8.09. The van der Waals surface area contributed by atoms with Crippen molar-refractivity contribution in [2.75, 3.05) is 25.5 Å². The lowest BCUT2D eigenvalue weighted by Gasteiger charge is -2.36. The number of rotatable bonds is 5. The van der Waals surface area contributed by atoms with Gasteiger partial charge < -0.3 is 15.5 Å². The Morgan fingerprint density at radius 1 is 1.19 bits per heavy atom. The molecular formula is C21H20Cl2N8O. The minimum atomic E-state index is -0.180. The Bertz CT molecular complexity index is 1320. The number of H-pyrrole nitrogens is 1. The van der Waals surface area contributed by atoms with Crippen LogP contribution in [0.15, 0.2) is 36.5 Å². The van der Waals surface area contributed by atoms with E-state index in [0.717, 1.165) is 24.0 Å². The first-order chi connectivity index (χ1) is 15.4. The van der Waals surface area contributed by atoms with Crippen LogP contribution in [0.25, 0.3) is 22.3 Å². The first-order valence-electron chi connectivity index (χ1n) is 9.98. The molecule has 0 saturated carbocycles. The second-order valence-corrected chi connectivity index (χ2v) is 8.64. The molecule has 32 heavy (non-hydrogen) atoms. The van der Waals surface area contributed by atoms with Crippen molar-refractivity contribution in [1.82, 2.24) is 35.2 Å². The van der Waals surface area contributed by atoms with Crippen LogP contribution in [0.1, 0.15) is 10.4 Å². The highest BCUT2D eigenvalue weighted by Crippen LogP contribution is 2.32. The Labute approximate surface area is 193 Å². The van der Waals surface area contributed by atoms with Gasteiger partial charge in [0.1, 0.15) is 0 Å².